The van der Waals surface area contributed by atoms with Gasteiger partial charge in [0.25, 0.3) is 5.69 Å². The number of carbonyl (C=O) groups is 3. The number of hydrogen-bond donors (Lipinski definition) is 1. The Hall–Kier alpha value is -2.94. The van der Waals surface area contributed by atoms with E-state index < -0.39 is 16.7 Å². The first-order chi connectivity index (χ1) is 12.9. The number of nitrogens with one attached hydrogen (secondary N) is 1. The van der Waals surface area contributed by atoms with Crippen LogP contribution in [0.15, 0.2) is 45.5 Å². The molecule has 3 rings (SSSR count). The van der Waals surface area contributed by atoms with Crippen LogP contribution in [-0.2, 0) is 14.3 Å². The van der Waals surface area contributed by atoms with Crippen LogP contribution in [-0.4, -0.2) is 29.1 Å². The van der Waals surface area contributed by atoms with Crippen molar-refractivity contribution in [3.05, 3.63) is 61.1 Å². The summed E-state index contributed by atoms with van der Waals surface area (Å²) in [6, 6.07) is 5.08. The second-order valence-electron chi connectivity index (χ2n) is 5.87. The summed E-state index contributed by atoms with van der Waals surface area (Å²) in [6.45, 7) is 1.79. The van der Waals surface area contributed by atoms with E-state index in [1.54, 1.807) is 6.92 Å². The molecular formula is C18H16N2O6S. The van der Waals surface area contributed by atoms with Crippen molar-refractivity contribution in [1.29, 1.82) is 0 Å². The minimum Gasteiger partial charge on any atom is -0.461 e. The smallest absolute Gasteiger partial charge is 0.356 e. The molecule has 1 N–H and O–H groups in total. The van der Waals surface area contributed by atoms with Crippen LogP contribution in [0.25, 0.3) is 0 Å². The molecule has 0 atom stereocenters. The number of nitro groups is 1. The molecule has 1 heterocycles. The zero-order valence-corrected chi connectivity index (χ0v) is 15.3. The van der Waals surface area contributed by atoms with Crippen molar-refractivity contribution in [3.8, 4) is 0 Å². The highest BCUT2D eigenvalue weighted by molar-refractivity contribution is 8.08. The number of hydrogen-bond acceptors (Lipinski definition) is 8. The molecule has 0 aromatic heterocycles. The quantitative estimate of drug-likeness (QED) is 0.354. The minimum atomic E-state index is -0.681. The number of esters is 1. The van der Waals surface area contributed by atoms with Crippen molar-refractivity contribution < 1.29 is 24.0 Å². The van der Waals surface area contributed by atoms with Crippen molar-refractivity contribution in [3.63, 3.8) is 0 Å². The van der Waals surface area contributed by atoms with E-state index in [0.717, 1.165) is 11.8 Å². The maximum Gasteiger partial charge on any atom is 0.356 e. The van der Waals surface area contributed by atoms with Gasteiger partial charge in [0.2, 0.25) is 5.78 Å². The average molecular weight is 388 g/mol. The molecule has 0 saturated carbocycles. The second-order valence-corrected chi connectivity index (χ2v) is 6.89. The predicted octanol–water partition coefficient (Wildman–Crippen LogP) is 2.85. The third-order valence-electron chi connectivity index (χ3n) is 4.09. The molecule has 9 heteroatoms. The molecule has 1 aliphatic heterocycles. The predicted molar refractivity (Wildman–Crippen MR) is 97.7 cm³/mol. The second kappa shape index (κ2) is 7.75. The number of ketones is 2. The summed E-state index contributed by atoms with van der Waals surface area (Å²) in [7, 11) is 0. The normalized spacial score (nSPS) is 16.6. The Kier molecular flexibility index (Phi) is 5.41. The number of ether oxygens (including phenoxy) is 1. The lowest BCUT2D eigenvalue weighted by atomic mass is 10.0. The first kappa shape index (κ1) is 18.8. The van der Waals surface area contributed by atoms with Crippen molar-refractivity contribution in [2.75, 3.05) is 6.61 Å². The molecule has 140 valence electrons. The Morgan fingerprint density at radius 1 is 1.26 bits per heavy atom. The number of nitrogens with zero attached hydrogens (tertiary/aromatic N) is 1. The van der Waals surface area contributed by atoms with Crippen molar-refractivity contribution >= 4 is 35.0 Å². The van der Waals surface area contributed by atoms with Crippen molar-refractivity contribution in [2.45, 2.75) is 26.2 Å². The van der Waals surface area contributed by atoms with Crippen LogP contribution in [0.3, 0.4) is 0 Å². The molecule has 0 spiro atoms. The molecular weight excluding hydrogens is 372 g/mol. The van der Waals surface area contributed by atoms with Crippen LogP contribution in [0, 0.1) is 10.1 Å². The number of benzene rings is 1. The number of nitro benzene ring substituents is 1. The molecule has 0 amide bonds. The Bertz CT molecular complexity index is 901. The Labute approximate surface area is 158 Å². The first-order valence-electron chi connectivity index (χ1n) is 8.34. The van der Waals surface area contributed by atoms with E-state index in [4.69, 9.17) is 4.74 Å². The fourth-order valence-electron chi connectivity index (χ4n) is 2.79. The van der Waals surface area contributed by atoms with E-state index in [-0.39, 0.29) is 34.2 Å². The van der Waals surface area contributed by atoms with Crippen molar-refractivity contribution in [1.82, 2.24) is 5.32 Å². The van der Waals surface area contributed by atoms with Gasteiger partial charge in [-0.05, 0) is 31.9 Å². The topological polar surface area (TPSA) is 116 Å². The highest BCUT2D eigenvalue weighted by Crippen LogP contribution is 2.40. The first-order valence-corrected chi connectivity index (χ1v) is 9.15. The zero-order chi connectivity index (χ0) is 19.6. The molecule has 0 fully saturated rings. The molecule has 0 radical (unpaired) electrons. The largest absolute Gasteiger partial charge is 0.461 e. The average Bonchev–Trinajstić information content (AvgIpc) is 2.67. The molecule has 1 aliphatic carbocycles. The van der Waals surface area contributed by atoms with Gasteiger partial charge in [0, 0.05) is 29.8 Å². The van der Waals surface area contributed by atoms with Gasteiger partial charge in [-0.1, -0.05) is 11.8 Å². The maximum absolute atomic E-state index is 13.0. The number of allylic oxidation sites excluding steroid dienone is 3. The summed E-state index contributed by atoms with van der Waals surface area (Å²) in [5.41, 5.74) is 0.658. The van der Waals surface area contributed by atoms with Gasteiger partial charge >= 0.3 is 5.97 Å². The van der Waals surface area contributed by atoms with Crippen LogP contribution in [0.4, 0.5) is 5.69 Å². The van der Waals surface area contributed by atoms with Gasteiger partial charge in [-0.15, -0.1) is 0 Å². The monoisotopic (exact) mass is 388 g/mol. The minimum absolute atomic E-state index is 0.00125. The summed E-state index contributed by atoms with van der Waals surface area (Å²) in [6.07, 6.45) is 1.67. The van der Waals surface area contributed by atoms with E-state index >= 15 is 0 Å². The van der Waals surface area contributed by atoms with Crippen LogP contribution >= 0.6 is 11.8 Å². The number of non-ortho nitro benzene ring substituents is 1. The van der Waals surface area contributed by atoms with E-state index in [0.29, 0.717) is 29.9 Å². The van der Waals surface area contributed by atoms with Gasteiger partial charge in [-0.25, -0.2) is 4.79 Å². The lowest BCUT2D eigenvalue weighted by Gasteiger charge is -2.27. The zero-order valence-electron chi connectivity index (χ0n) is 14.4. The van der Waals surface area contributed by atoms with E-state index in [2.05, 4.69) is 5.32 Å². The summed E-state index contributed by atoms with van der Waals surface area (Å²) in [5.74, 6) is -1.26. The molecule has 2 aliphatic rings. The van der Waals surface area contributed by atoms with Gasteiger partial charge in [-0.3, -0.25) is 19.7 Å². The Balaban J connectivity index is 1.98. The summed E-state index contributed by atoms with van der Waals surface area (Å²) >= 11 is 0.962. The third-order valence-corrected chi connectivity index (χ3v) is 5.36. The fourth-order valence-corrected chi connectivity index (χ4v) is 3.94. The number of rotatable bonds is 5. The Morgan fingerprint density at radius 2 is 1.96 bits per heavy atom. The van der Waals surface area contributed by atoms with Crippen LogP contribution < -0.4 is 5.32 Å². The SMILES string of the molecule is CCOC(=O)C1=C(C(=O)c2ccc([N+](=O)[O-])cc2)SC2=C(CCCC2=O)N1. The van der Waals surface area contributed by atoms with Gasteiger partial charge < -0.3 is 10.1 Å². The number of Topliss-reactive ketones (excluding diaryl/α,β-unsaturated/α-hetero) is 2. The third kappa shape index (κ3) is 3.77. The summed E-state index contributed by atoms with van der Waals surface area (Å²) < 4.78 is 5.03. The molecule has 0 unspecified atom stereocenters. The molecule has 1 aromatic rings. The van der Waals surface area contributed by atoms with Crippen LogP contribution in [0.2, 0.25) is 0 Å². The number of carbonyl (C=O) groups excluding carboxylic acids is 3. The van der Waals surface area contributed by atoms with Gasteiger partial charge in [0.15, 0.2) is 5.78 Å². The van der Waals surface area contributed by atoms with E-state index in [1.807, 2.05) is 0 Å². The van der Waals surface area contributed by atoms with E-state index in [9.17, 15) is 24.5 Å². The summed E-state index contributed by atoms with van der Waals surface area (Å²) in [5, 5.41) is 13.7. The molecule has 0 saturated heterocycles. The maximum atomic E-state index is 13.0. The highest BCUT2D eigenvalue weighted by Gasteiger charge is 2.34. The van der Waals surface area contributed by atoms with Gasteiger partial charge in [-0.2, -0.15) is 0 Å². The molecule has 1 aromatic carbocycles. The van der Waals surface area contributed by atoms with Crippen molar-refractivity contribution in [2.24, 2.45) is 0 Å². The molecule has 8 nitrogen and oxygen atoms in total. The fraction of sp³-hybridized carbons (Fsp3) is 0.278. The lowest BCUT2D eigenvalue weighted by Crippen LogP contribution is -2.31. The van der Waals surface area contributed by atoms with Gasteiger partial charge in [0.05, 0.1) is 21.3 Å². The Morgan fingerprint density at radius 3 is 2.59 bits per heavy atom. The highest BCUT2D eigenvalue weighted by atomic mass is 32.2. The standard InChI is InChI=1S/C18H16N2O6S/c1-2-26-18(23)14-17(27-16-12(19-14)4-3-5-13(16)21)15(22)10-6-8-11(9-7-10)20(24)25/h6-9,19H,2-5H2,1H3. The van der Waals surface area contributed by atoms with E-state index in [1.165, 1.54) is 24.3 Å². The van der Waals surface area contributed by atoms with Gasteiger partial charge in [0.1, 0.15) is 5.70 Å². The lowest BCUT2D eigenvalue weighted by molar-refractivity contribution is -0.384. The van der Waals surface area contributed by atoms with Crippen LogP contribution in [0.5, 0.6) is 0 Å². The molecule has 0 bridgehead atoms. The molecule has 27 heavy (non-hydrogen) atoms. The summed E-state index contributed by atoms with van der Waals surface area (Å²) in [4.78, 5) is 48.2. The van der Waals surface area contributed by atoms with Crippen LogP contribution in [0.1, 0.15) is 36.5 Å². The number of thioether (sulfide) groups is 1.